The summed E-state index contributed by atoms with van der Waals surface area (Å²) in [5.74, 6) is 0.608. The number of hydrogen-bond donors (Lipinski definition) is 0. The van der Waals surface area contributed by atoms with Gasteiger partial charge in [0.2, 0.25) is 0 Å². The van der Waals surface area contributed by atoms with Gasteiger partial charge in [0, 0.05) is 12.4 Å². The number of nitrogens with zero attached hydrogens (tertiary/aromatic N) is 1. The van der Waals surface area contributed by atoms with Gasteiger partial charge in [-0.1, -0.05) is 6.58 Å². The molecule has 0 aromatic carbocycles. The van der Waals surface area contributed by atoms with Crippen molar-refractivity contribution in [3.05, 3.63) is 12.2 Å². The lowest BCUT2D eigenvalue weighted by Crippen LogP contribution is -2.38. The number of halogens is 1. The minimum absolute atomic E-state index is 0.608. The predicted octanol–water partition coefficient (Wildman–Crippen LogP) is 1.49. The van der Waals surface area contributed by atoms with Crippen molar-refractivity contribution in [3.63, 3.8) is 0 Å². The standard InChI is InChI=1S/C7H12ClN/c1-7(5-8)6-9-3-2-4-9/h1-6H2. The fourth-order valence-electron chi connectivity index (χ4n) is 0.898. The molecule has 0 N–H and O–H groups in total. The molecular weight excluding hydrogens is 134 g/mol. The highest BCUT2D eigenvalue weighted by atomic mass is 35.5. The molecule has 1 rings (SSSR count). The third-order valence-electron chi connectivity index (χ3n) is 1.58. The number of likely N-dealkylation sites (tertiary alicyclic amines) is 1. The molecule has 1 aliphatic heterocycles. The minimum Gasteiger partial charge on any atom is -0.299 e. The van der Waals surface area contributed by atoms with Crippen LogP contribution in [0.1, 0.15) is 6.42 Å². The van der Waals surface area contributed by atoms with Crippen molar-refractivity contribution in [2.24, 2.45) is 0 Å². The molecule has 0 saturated carbocycles. The third kappa shape index (κ3) is 1.99. The molecule has 0 unspecified atom stereocenters. The van der Waals surface area contributed by atoms with Crippen LogP contribution in [-0.4, -0.2) is 30.4 Å². The summed E-state index contributed by atoms with van der Waals surface area (Å²) in [6.45, 7) is 7.29. The Labute approximate surface area is 61.3 Å². The van der Waals surface area contributed by atoms with Gasteiger partial charge in [0.05, 0.1) is 0 Å². The Balaban J connectivity index is 2.09. The van der Waals surface area contributed by atoms with Gasteiger partial charge >= 0.3 is 0 Å². The molecule has 9 heavy (non-hydrogen) atoms. The van der Waals surface area contributed by atoms with Gasteiger partial charge in [-0.3, -0.25) is 4.90 Å². The summed E-state index contributed by atoms with van der Waals surface area (Å²) in [5, 5.41) is 0. The average molecular weight is 146 g/mol. The Morgan fingerprint density at radius 3 is 2.56 bits per heavy atom. The molecule has 0 radical (unpaired) electrons. The van der Waals surface area contributed by atoms with E-state index in [9.17, 15) is 0 Å². The third-order valence-corrected chi connectivity index (χ3v) is 1.96. The van der Waals surface area contributed by atoms with E-state index in [2.05, 4.69) is 11.5 Å². The summed E-state index contributed by atoms with van der Waals surface area (Å²) in [7, 11) is 0. The van der Waals surface area contributed by atoms with Crippen molar-refractivity contribution >= 4 is 11.6 Å². The molecule has 1 nitrogen and oxygen atoms in total. The first-order chi connectivity index (χ1) is 4.33. The SMILES string of the molecule is C=C(CCl)CN1CCC1. The predicted molar refractivity (Wildman–Crippen MR) is 40.9 cm³/mol. The van der Waals surface area contributed by atoms with Crippen molar-refractivity contribution < 1.29 is 0 Å². The highest BCUT2D eigenvalue weighted by molar-refractivity contribution is 6.19. The maximum Gasteiger partial charge on any atom is 0.0443 e. The van der Waals surface area contributed by atoms with Gasteiger partial charge in [-0.05, 0) is 25.1 Å². The first-order valence-electron chi connectivity index (χ1n) is 3.28. The normalized spacial score (nSPS) is 19.2. The Morgan fingerprint density at radius 2 is 2.22 bits per heavy atom. The molecule has 1 heterocycles. The Kier molecular flexibility index (Phi) is 2.55. The number of alkyl halides is 1. The minimum atomic E-state index is 0.608. The summed E-state index contributed by atoms with van der Waals surface area (Å²) in [6.07, 6.45) is 1.34. The van der Waals surface area contributed by atoms with E-state index < -0.39 is 0 Å². The van der Waals surface area contributed by atoms with Gasteiger partial charge in [0.1, 0.15) is 0 Å². The monoisotopic (exact) mass is 145 g/mol. The fraction of sp³-hybridized carbons (Fsp3) is 0.714. The van der Waals surface area contributed by atoms with Crippen molar-refractivity contribution in [1.82, 2.24) is 4.90 Å². The molecule has 0 amide bonds. The zero-order valence-corrected chi connectivity index (χ0v) is 6.32. The average Bonchev–Trinajstić information content (AvgIpc) is 1.78. The molecule has 0 aliphatic carbocycles. The highest BCUT2D eigenvalue weighted by Crippen LogP contribution is 2.08. The lowest BCUT2D eigenvalue weighted by molar-refractivity contribution is 0.199. The van der Waals surface area contributed by atoms with Gasteiger partial charge in [0.25, 0.3) is 0 Å². The van der Waals surface area contributed by atoms with Crippen molar-refractivity contribution in [1.29, 1.82) is 0 Å². The Morgan fingerprint density at radius 1 is 1.56 bits per heavy atom. The van der Waals surface area contributed by atoms with Crippen LogP contribution in [0.4, 0.5) is 0 Å². The van der Waals surface area contributed by atoms with Crippen LogP contribution in [0.2, 0.25) is 0 Å². The lowest BCUT2D eigenvalue weighted by atomic mass is 10.2. The molecule has 0 atom stereocenters. The van der Waals surface area contributed by atoms with E-state index in [0.717, 1.165) is 12.1 Å². The van der Waals surface area contributed by atoms with Gasteiger partial charge in [-0.15, -0.1) is 11.6 Å². The van der Waals surface area contributed by atoms with E-state index >= 15 is 0 Å². The van der Waals surface area contributed by atoms with E-state index in [1.807, 2.05) is 0 Å². The molecule has 1 saturated heterocycles. The summed E-state index contributed by atoms with van der Waals surface area (Å²) < 4.78 is 0. The smallest absolute Gasteiger partial charge is 0.0443 e. The molecule has 2 heteroatoms. The zero-order chi connectivity index (χ0) is 6.69. The van der Waals surface area contributed by atoms with Crippen LogP contribution in [0.25, 0.3) is 0 Å². The number of rotatable bonds is 3. The lowest BCUT2D eigenvalue weighted by Gasteiger charge is -2.30. The highest BCUT2D eigenvalue weighted by Gasteiger charge is 2.13. The van der Waals surface area contributed by atoms with E-state index in [-0.39, 0.29) is 0 Å². The molecule has 0 aromatic rings. The second-order valence-electron chi connectivity index (χ2n) is 2.51. The van der Waals surface area contributed by atoms with Gasteiger partial charge in [-0.25, -0.2) is 0 Å². The van der Waals surface area contributed by atoms with Gasteiger partial charge in [0.15, 0.2) is 0 Å². The second kappa shape index (κ2) is 3.23. The van der Waals surface area contributed by atoms with E-state index in [1.165, 1.54) is 19.5 Å². The topological polar surface area (TPSA) is 3.24 Å². The van der Waals surface area contributed by atoms with Gasteiger partial charge in [-0.2, -0.15) is 0 Å². The fourth-order valence-corrected chi connectivity index (χ4v) is 0.983. The summed E-state index contributed by atoms with van der Waals surface area (Å²) >= 11 is 5.55. The number of hydrogen-bond acceptors (Lipinski definition) is 1. The molecule has 52 valence electrons. The molecule has 0 spiro atoms. The van der Waals surface area contributed by atoms with Crippen LogP contribution in [0.3, 0.4) is 0 Å². The summed E-state index contributed by atoms with van der Waals surface area (Å²) in [5.41, 5.74) is 1.14. The quantitative estimate of drug-likeness (QED) is 0.430. The van der Waals surface area contributed by atoms with E-state index in [4.69, 9.17) is 11.6 Å². The maximum absolute atomic E-state index is 5.55. The van der Waals surface area contributed by atoms with Crippen molar-refractivity contribution in [2.45, 2.75) is 6.42 Å². The van der Waals surface area contributed by atoms with Crippen LogP contribution in [0.15, 0.2) is 12.2 Å². The van der Waals surface area contributed by atoms with Crippen molar-refractivity contribution in [3.8, 4) is 0 Å². The molecule has 1 aliphatic rings. The first kappa shape index (κ1) is 7.10. The zero-order valence-electron chi connectivity index (χ0n) is 5.57. The van der Waals surface area contributed by atoms with Crippen LogP contribution in [0.5, 0.6) is 0 Å². The van der Waals surface area contributed by atoms with Crippen LogP contribution >= 0.6 is 11.6 Å². The molecule has 0 bridgehead atoms. The Hall–Kier alpha value is -0.0100. The first-order valence-corrected chi connectivity index (χ1v) is 3.81. The van der Waals surface area contributed by atoms with Crippen LogP contribution in [0, 0.1) is 0 Å². The van der Waals surface area contributed by atoms with E-state index in [0.29, 0.717) is 5.88 Å². The molecule has 0 aromatic heterocycles. The van der Waals surface area contributed by atoms with Crippen molar-refractivity contribution in [2.75, 3.05) is 25.5 Å². The second-order valence-corrected chi connectivity index (χ2v) is 2.78. The van der Waals surface area contributed by atoms with Crippen LogP contribution in [-0.2, 0) is 0 Å². The molecular formula is C7H12ClN. The maximum atomic E-state index is 5.55. The molecule has 1 fully saturated rings. The largest absolute Gasteiger partial charge is 0.299 e. The van der Waals surface area contributed by atoms with E-state index in [1.54, 1.807) is 0 Å². The Bertz CT molecular complexity index is 107. The van der Waals surface area contributed by atoms with Crippen LogP contribution < -0.4 is 0 Å². The van der Waals surface area contributed by atoms with Gasteiger partial charge < -0.3 is 0 Å². The summed E-state index contributed by atoms with van der Waals surface area (Å²) in [6, 6.07) is 0. The summed E-state index contributed by atoms with van der Waals surface area (Å²) in [4.78, 5) is 2.35.